The number of carbonyl (C=O) groups is 1. The quantitative estimate of drug-likeness (QED) is 0.785. The number of anilines is 1. The number of nitrogens with one attached hydrogen (secondary N) is 1. The molecule has 1 aromatic carbocycles. The first-order valence-corrected chi connectivity index (χ1v) is 8.24. The maximum absolute atomic E-state index is 12.6. The van der Waals surface area contributed by atoms with E-state index in [-0.39, 0.29) is 11.9 Å². The molecule has 5 heteroatoms. The van der Waals surface area contributed by atoms with Crippen molar-refractivity contribution in [1.29, 1.82) is 0 Å². The minimum Gasteiger partial charge on any atom is -0.322 e. The van der Waals surface area contributed by atoms with E-state index in [1.165, 1.54) is 5.56 Å². The van der Waals surface area contributed by atoms with Crippen molar-refractivity contribution in [2.45, 2.75) is 40.2 Å². The second-order valence-corrected chi connectivity index (χ2v) is 6.23. The van der Waals surface area contributed by atoms with E-state index >= 15 is 0 Å². The Morgan fingerprint density at radius 1 is 1.29 bits per heavy atom. The van der Waals surface area contributed by atoms with E-state index < -0.39 is 0 Å². The van der Waals surface area contributed by atoms with Crippen LogP contribution in [0.15, 0.2) is 36.5 Å². The number of nitrogens with zero attached hydrogens (tertiary/aromatic N) is 3. The van der Waals surface area contributed by atoms with E-state index in [2.05, 4.69) is 42.2 Å². The van der Waals surface area contributed by atoms with Crippen LogP contribution in [-0.2, 0) is 6.42 Å². The number of hydrogen-bond acceptors (Lipinski definition) is 3. The third-order valence-corrected chi connectivity index (χ3v) is 4.09. The molecule has 0 saturated carbocycles. The average molecular weight is 322 g/mol. The molecule has 0 aliphatic rings. The van der Waals surface area contributed by atoms with Crippen molar-refractivity contribution in [3.63, 3.8) is 0 Å². The highest BCUT2D eigenvalue weighted by molar-refractivity contribution is 6.06. The Hall–Kier alpha value is -2.69. The van der Waals surface area contributed by atoms with Crippen LogP contribution in [0.25, 0.3) is 11.0 Å². The Morgan fingerprint density at radius 2 is 2.08 bits per heavy atom. The van der Waals surface area contributed by atoms with Gasteiger partial charge < -0.3 is 5.32 Å². The maximum Gasteiger partial charge on any atom is 0.257 e. The SMILES string of the molecule is CCc1cccc(NC(=O)c2cc3cnn(C(C)C)c3nc2C)c1. The van der Waals surface area contributed by atoms with Gasteiger partial charge in [0.1, 0.15) is 0 Å². The topological polar surface area (TPSA) is 59.8 Å². The molecule has 3 rings (SSSR count). The molecule has 124 valence electrons. The number of aromatic nitrogens is 3. The number of fused-ring (bicyclic) bond motifs is 1. The fourth-order valence-corrected chi connectivity index (χ4v) is 2.74. The lowest BCUT2D eigenvalue weighted by atomic mass is 10.1. The summed E-state index contributed by atoms with van der Waals surface area (Å²) in [4.78, 5) is 17.2. The zero-order valence-corrected chi connectivity index (χ0v) is 14.5. The fraction of sp³-hybridized carbons (Fsp3) is 0.316. The molecule has 0 fully saturated rings. The standard InChI is InChI=1S/C19H22N4O/c1-5-14-7-6-8-16(9-14)22-19(24)17-10-15-11-20-23(12(2)3)18(15)21-13(17)4/h6-12H,5H2,1-4H3,(H,22,24). The highest BCUT2D eigenvalue weighted by atomic mass is 16.1. The summed E-state index contributed by atoms with van der Waals surface area (Å²) in [5, 5.41) is 8.20. The zero-order chi connectivity index (χ0) is 17.3. The summed E-state index contributed by atoms with van der Waals surface area (Å²) < 4.78 is 1.87. The van der Waals surface area contributed by atoms with Crippen LogP contribution in [0.4, 0.5) is 5.69 Å². The number of benzene rings is 1. The summed E-state index contributed by atoms with van der Waals surface area (Å²) in [6, 6.07) is 9.99. The Kier molecular flexibility index (Phi) is 4.34. The molecule has 0 saturated heterocycles. The van der Waals surface area contributed by atoms with Gasteiger partial charge in [-0.05, 0) is 51.0 Å². The van der Waals surface area contributed by atoms with E-state index in [1.54, 1.807) is 6.20 Å². The van der Waals surface area contributed by atoms with Crippen molar-refractivity contribution >= 4 is 22.6 Å². The van der Waals surface area contributed by atoms with Gasteiger partial charge in [0, 0.05) is 17.1 Å². The third-order valence-electron chi connectivity index (χ3n) is 4.09. The molecule has 0 aliphatic carbocycles. The van der Waals surface area contributed by atoms with Gasteiger partial charge in [0.05, 0.1) is 17.5 Å². The Balaban J connectivity index is 1.93. The average Bonchev–Trinajstić information content (AvgIpc) is 2.97. The largest absolute Gasteiger partial charge is 0.322 e. The van der Waals surface area contributed by atoms with Crippen LogP contribution in [0.5, 0.6) is 0 Å². The lowest BCUT2D eigenvalue weighted by molar-refractivity contribution is 0.102. The molecule has 1 amide bonds. The lowest BCUT2D eigenvalue weighted by Crippen LogP contribution is -2.14. The van der Waals surface area contributed by atoms with Gasteiger partial charge in [-0.3, -0.25) is 4.79 Å². The summed E-state index contributed by atoms with van der Waals surface area (Å²) in [6.45, 7) is 8.07. The van der Waals surface area contributed by atoms with Gasteiger partial charge >= 0.3 is 0 Å². The fourth-order valence-electron chi connectivity index (χ4n) is 2.74. The van der Waals surface area contributed by atoms with E-state index in [4.69, 9.17) is 0 Å². The van der Waals surface area contributed by atoms with Crippen molar-refractivity contribution in [3.8, 4) is 0 Å². The van der Waals surface area contributed by atoms with Crippen LogP contribution >= 0.6 is 0 Å². The van der Waals surface area contributed by atoms with E-state index in [9.17, 15) is 4.79 Å². The summed E-state index contributed by atoms with van der Waals surface area (Å²) in [5.41, 5.74) is 4.09. The minimum absolute atomic E-state index is 0.146. The van der Waals surface area contributed by atoms with E-state index in [0.29, 0.717) is 11.3 Å². The van der Waals surface area contributed by atoms with Crippen molar-refractivity contribution < 1.29 is 4.79 Å². The van der Waals surface area contributed by atoms with Gasteiger partial charge in [-0.25, -0.2) is 9.67 Å². The number of carbonyl (C=O) groups excluding carboxylic acids is 1. The molecule has 5 nitrogen and oxygen atoms in total. The molecule has 0 unspecified atom stereocenters. The number of rotatable bonds is 4. The molecule has 2 aromatic heterocycles. The van der Waals surface area contributed by atoms with Gasteiger partial charge in [-0.1, -0.05) is 19.1 Å². The molecule has 0 bridgehead atoms. The molecule has 2 heterocycles. The van der Waals surface area contributed by atoms with Gasteiger partial charge in [0.25, 0.3) is 5.91 Å². The first-order valence-electron chi connectivity index (χ1n) is 8.24. The second kappa shape index (κ2) is 6.43. The molecule has 0 atom stereocenters. The summed E-state index contributed by atoms with van der Waals surface area (Å²) in [7, 11) is 0. The highest BCUT2D eigenvalue weighted by Crippen LogP contribution is 2.20. The van der Waals surface area contributed by atoms with Crippen LogP contribution < -0.4 is 5.32 Å². The number of pyridine rings is 1. The Bertz CT molecular complexity index is 896. The van der Waals surface area contributed by atoms with Crippen LogP contribution in [0.3, 0.4) is 0 Å². The first kappa shape index (κ1) is 16.2. The number of aryl methyl sites for hydroxylation is 2. The van der Waals surface area contributed by atoms with Crippen molar-refractivity contribution in [3.05, 3.63) is 53.3 Å². The van der Waals surface area contributed by atoms with Crippen LogP contribution in [0.2, 0.25) is 0 Å². The summed E-state index contributed by atoms with van der Waals surface area (Å²) in [5.74, 6) is -0.146. The highest BCUT2D eigenvalue weighted by Gasteiger charge is 2.15. The molecule has 1 N–H and O–H groups in total. The predicted molar refractivity (Wildman–Crippen MR) is 96.4 cm³/mol. The summed E-state index contributed by atoms with van der Waals surface area (Å²) in [6.07, 6.45) is 2.70. The van der Waals surface area contributed by atoms with Gasteiger partial charge in [-0.2, -0.15) is 5.10 Å². The Morgan fingerprint density at radius 3 is 2.79 bits per heavy atom. The minimum atomic E-state index is -0.146. The second-order valence-electron chi connectivity index (χ2n) is 6.23. The van der Waals surface area contributed by atoms with Crippen molar-refractivity contribution in [2.75, 3.05) is 5.32 Å². The van der Waals surface area contributed by atoms with Crippen molar-refractivity contribution in [2.24, 2.45) is 0 Å². The molecule has 24 heavy (non-hydrogen) atoms. The number of hydrogen-bond donors (Lipinski definition) is 1. The molecule has 0 radical (unpaired) electrons. The van der Waals surface area contributed by atoms with Crippen LogP contribution in [-0.4, -0.2) is 20.7 Å². The van der Waals surface area contributed by atoms with E-state index in [0.717, 1.165) is 23.1 Å². The van der Waals surface area contributed by atoms with Gasteiger partial charge in [-0.15, -0.1) is 0 Å². The maximum atomic E-state index is 12.6. The van der Waals surface area contributed by atoms with Gasteiger partial charge in [0.15, 0.2) is 5.65 Å². The molecular formula is C19H22N4O. The zero-order valence-electron chi connectivity index (χ0n) is 14.5. The number of amides is 1. The summed E-state index contributed by atoms with van der Waals surface area (Å²) >= 11 is 0. The normalized spacial score (nSPS) is 11.2. The lowest BCUT2D eigenvalue weighted by Gasteiger charge is -2.10. The van der Waals surface area contributed by atoms with E-state index in [1.807, 2.05) is 35.9 Å². The molecule has 0 spiro atoms. The molecule has 0 aliphatic heterocycles. The Labute approximate surface area is 141 Å². The molecule has 3 aromatic rings. The van der Waals surface area contributed by atoms with Gasteiger partial charge in [0.2, 0.25) is 0 Å². The monoisotopic (exact) mass is 322 g/mol. The first-order chi connectivity index (χ1) is 11.5. The third kappa shape index (κ3) is 3.02. The van der Waals surface area contributed by atoms with Crippen LogP contribution in [0, 0.1) is 6.92 Å². The smallest absolute Gasteiger partial charge is 0.257 e. The van der Waals surface area contributed by atoms with Crippen LogP contribution in [0.1, 0.15) is 48.4 Å². The van der Waals surface area contributed by atoms with Crippen molar-refractivity contribution in [1.82, 2.24) is 14.8 Å². The molecular weight excluding hydrogens is 300 g/mol. The predicted octanol–water partition coefficient (Wildman–Crippen LogP) is 4.14.